The van der Waals surface area contributed by atoms with Gasteiger partial charge in [-0.1, -0.05) is 152 Å². The van der Waals surface area contributed by atoms with Gasteiger partial charge in [0.15, 0.2) is 0 Å². The van der Waals surface area contributed by atoms with Crippen molar-refractivity contribution in [3.05, 3.63) is 231 Å². The van der Waals surface area contributed by atoms with Crippen LogP contribution in [0.25, 0.3) is 93.6 Å². The standard InChI is InChI=1S/C58H38N2O/c1-2-13-44-37-48(34-26-39(44)12-1)59(46-30-24-40(25-31-46)42-14-11-15-43(36-42)45-29-35-53-52-19-6-10-23-57(52)61-58(53)38-45)47-32-27-41(28-33-47)49-16-3-7-20-54(49)60-55-21-8-4-17-50(55)51-18-5-9-22-56(51)60/h1-38H. The topological polar surface area (TPSA) is 21.3 Å². The van der Waals surface area contributed by atoms with E-state index in [1.165, 1.54) is 38.1 Å². The molecule has 0 amide bonds. The zero-order chi connectivity index (χ0) is 40.3. The molecular formula is C58H38N2O. The van der Waals surface area contributed by atoms with E-state index in [1.54, 1.807) is 0 Å². The van der Waals surface area contributed by atoms with Crippen molar-refractivity contribution in [3.63, 3.8) is 0 Å². The van der Waals surface area contributed by atoms with Crippen molar-refractivity contribution in [1.82, 2.24) is 4.57 Å². The Kier molecular flexibility index (Phi) is 8.17. The maximum Gasteiger partial charge on any atom is 0.136 e. The molecule has 0 spiro atoms. The first-order valence-electron chi connectivity index (χ1n) is 20.8. The van der Waals surface area contributed by atoms with Crippen molar-refractivity contribution in [2.45, 2.75) is 0 Å². The molecule has 0 aliphatic carbocycles. The summed E-state index contributed by atoms with van der Waals surface area (Å²) in [7, 11) is 0. The molecule has 10 aromatic carbocycles. The molecule has 0 saturated carbocycles. The normalized spacial score (nSPS) is 11.6. The van der Waals surface area contributed by atoms with Crippen LogP contribution in [0, 0.1) is 0 Å². The van der Waals surface area contributed by atoms with E-state index >= 15 is 0 Å². The monoisotopic (exact) mass is 778 g/mol. The highest BCUT2D eigenvalue weighted by Gasteiger charge is 2.18. The summed E-state index contributed by atoms with van der Waals surface area (Å²) in [5, 5.41) is 7.23. The molecule has 0 aliphatic rings. The molecule has 0 aliphatic heterocycles. The number of benzene rings is 10. The third-order valence-electron chi connectivity index (χ3n) is 12.2. The first-order valence-corrected chi connectivity index (χ1v) is 20.8. The first-order chi connectivity index (χ1) is 30.2. The van der Waals surface area contributed by atoms with Gasteiger partial charge in [-0.15, -0.1) is 0 Å². The Morgan fingerprint density at radius 1 is 0.311 bits per heavy atom. The molecule has 2 aromatic heterocycles. The molecule has 0 radical (unpaired) electrons. The maximum absolute atomic E-state index is 6.23. The van der Waals surface area contributed by atoms with E-state index in [0.717, 1.165) is 72.5 Å². The molecule has 286 valence electrons. The number of aromatic nitrogens is 1. The van der Waals surface area contributed by atoms with Crippen LogP contribution in [-0.2, 0) is 0 Å². The average molecular weight is 779 g/mol. The summed E-state index contributed by atoms with van der Waals surface area (Å²) in [5.41, 5.74) is 15.6. The molecule has 3 nitrogen and oxygen atoms in total. The van der Waals surface area contributed by atoms with Gasteiger partial charge in [0.2, 0.25) is 0 Å². The van der Waals surface area contributed by atoms with Crippen LogP contribution in [0.1, 0.15) is 0 Å². The van der Waals surface area contributed by atoms with Crippen molar-refractivity contribution in [3.8, 4) is 39.1 Å². The maximum atomic E-state index is 6.23. The van der Waals surface area contributed by atoms with E-state index in [-0.39, 0.29) is 0 Å². The van der Waals surface area contributed by atoms with Gasteiger partial charge in [0.1, 0.15) is 11.2 Å². The minimum absolute atomic E-state index is 0.905. The highest BCUT2D eigenvalue weighted by atomic mass is 16.3. The van der Waals surface area contributed by atoms with Gasteiger partial charge in [-0.2, -0.15) is 0 Å². The number of nitrogens with zero attached hydrogens (tertiary/aromatic N) is 2. The van der Waals surface area contributed by atoms with Gasteiger partial charge < -0.3 is 13.9 Å². The van der Waals surface area contributed by atoms with Crippen LogP contribution in [0.4, 0.5) is 17.1 Å². The molecule has 2 heterocycles. The van der Waals surface area contributed by atoms with Crippen molar-refractivity contribution in [1.29, 1.82) is 0 Å². The van der Waals surface area contributed by atoms with Crippen LogP contribution in [0.5, 0.6) is 0 Å². The quantitative estimate of drug-likeness (QED) is 0.161. The minimum atomic E-state index is 0.905. The number of anilines is 3. The predicted molar refractivity (Wildman–Crippen MR) is 257 cm³/mol. The molecule has 3 heteroatoms. The van der Waals surface area contributed by atoms with E-state index in [0.29, 0.717) is 0 Å². The van der Waals surface area contributed by atoms with Crippen molar-refractivity contribution < 1.29 is 4.42 Å². The number of para-hydroxylation sites is 4. The third-order valence-corrected chi connectivity index (χ3v) is 12.2. The lowest BCUT2D eigenvalue weighted by Gasteiger charge is -2.26. The van der Waals surface area contributed by atoms with E-state index in [2.05, 4.69) is 228 Å². The average Bonchev–Trinajstić information content (AvgIpc) is 3.88. The third kappa shape index (κ3) is 5.98. The van der Waals surface area contributed by atoms with Gasteiger partial charge in [0.05, 0.1) is 16.7 Å². The number of rotatable bonds is 7. The van der Waals surface area contributed by atoms with Crippen LogP contribution < -0.4 is 4.90 Å². The van der Waals surface area contributed by atoms with Crippen molar-refractivity contribution >= 4 is 71.6 Å². The number of hydrogen-bond acceptors (Lipinski definition) is 2. The number of furan rings is 1. The molecule has 0 fully saturated rings. The molecule has 61 heavy (non-hydrogen) atoms. The Bertz CT molecular complexity index is 3540. The zero-order valence-electron chi connectivity index (χ0n) is 33.2. The number of fused-ring (bicyclic) bond motifs is 7. The molecular weight excluding hydrogens is 741 g/mol. The van der Waals surface area contributed by atoms with Crippen molar-refractivity contribution in [2.24, 2.45) is 0 Å². The Hall–Kier alpha value is -8.14. The summed E-state index contributed by atoms with van der Waals surface area (Å²) >= 11 is 0. The van der Waals surface area contributed by atoms with Crippen LogP contribution >= 0.6 is 0 Å². The summed E-state index contributed by atoms with van der Waals surface area (Å²) < 4.78 is 8.64. The Morgan fingerprint density at radius 2 is 0.852 bits per heavy atom. The summed E-state index contributed by atoms with van der Waals surface area (Å²) in [5.74, 6) is 0. The fourth-order valence-electron chi connectivity index (χ4n) is 9.23. The second-order valence-electron chi connectivity index (χ2n) is 15.7. The highest BCUT2D eigenvalue weighted by Crippen LogP contribution is 2.41. The van der Waals surface area contributed by atoms with E-state index in [4.69, 9.17) is 4.42 Å². The van der Waals surface area contributed by atoms with Crippen LogP contribution in [0.2, 0.25) is 0 Å². The summed E-state index contributed by atoms with van der Waals surface area (Å²) in [4.78, 5) is 2.36. The molecule has 12 rings (SSSR count). The van der Waals surface area contributed by atoms with Crippen molar-refractivity contribution in [2.75, 3.05) is 4.90 Å². The molecule has 0 N–H and O–H groups in total. The molecule has 0 saturated heterocycles. The van der Waals surface area contributed by atoms with Gasteiger partial charge in [-0.05, 0) is 117 Å². The smallest absolute Gasteiger partial charge is 0.136 e. The van der Waals surface area contributed by atoms with Crippen LogP contribution in [-0.4, -0.2) is 4.57 Å². The summed E-state index contributed by atoms with van der Waals surface area (Å²) in [6.45, 7) is 0. The lowest BCUT2D eigenvalue weighted by molar-refractivity contribution is 0.669. The second kappa shape index (κ2) is 14.3. The lowest BCUT2D eigenvalue weighted by atomic mass is 9.98. The molecule has 0 bridgehead atoms. The lowest BCUT2D eigenvalue weighted by Crippen LogP contribution is -2.10. The summed E-state index contributed by atoms with van der Waals surface area (Å²) in [6, 6.07) is 83.0. The Labute approximate surface area is 353 Å². The predicted octanol–water partition coefficient (Wildman–Crippen LogP) is 16.3. The highest BCUT2D eigenvalue weighted by molar-refractivity contribution is 6.10. The summed E-state index contributed by atoms with van der Waals surface area (Å²) in [6.07, 6.45) is 0. The Morgan fingerprint density at radius 3 is 1.61 bits per heavy atom. The number of hydrogen-bond donors (Lipinski definition) is 0. The fourth-order valence-corrected chi connectivity index (χ4v) is 9.23. The van der Waals surface area contributed by atoms with E-state index in [1.807, 2.05) is 12.1 Å². The molecule has 0 atom stereocenters. The van der Waals surface area contributed by atoms with Gasteiger partial charge in [0, 0.05) is 44.2 Å². The van der Waals surface area contributed by atoms with Crippen LogP contribution in [0.3, 0.4) is 0 Å². The largest absolute Gasteiger partial charge is 0.456 e. The minimum Gasteiger partial charge on any atom is -0.456 e. The Balaban J connectivity index is 0.914. The molecule has 12 aromatic rings. The second-order valence-corrected chi connectivity index (χ2v) is 15.7. The van der Waals surface area contributed by atoms with E-state index in [9.17, 15) is 0 Å². The molecule has 0 unspecified atom stereocenters. The van der Waals surface area contributed by atoms with E-state index < -0.39 is 0 Å². The van der Waals surface area contributed by atoms with Gasteiger partial charge in [-0.3, -0.25) is 0 Å². The van der Waals surface area contributed by atoms with Gasteiger partial charge >= 0.3 is 0 Å². The van der Waals surface area contributed by atoms with Gasteiger partial charge in [-0.25, -0.2) is 0 Å². The van der Waals surface area contributed by atoms with Gasteiger partial charge in [0.25, 0.3) is 0 Å². The fraction of sp³-hybridized carbons (Fsp3) is 0. The van der Waals surface area contributed by atoms with Crippen LogP contribution in [0.15, 0.2) is 235 Å². The zero-order valence-corrected chi connectivity index (χ0v) is 33.2. The first kappa shape index (κ1) is 34.9. The SMILES string of the molecule is c1cc(-c2ccc(N(c3ccc(-c4ccccc4-n4c5ccccc5c5ccccc54)cc3)c3ccc4ccccc4c3)cc2)cc(-c2ccc3c(c2)oc2ccccc23)c1.